The fraction of sp³-hybridized carbons (Fsp3) is 0.579. The number of carbonyl (C=O) groups excluding carboxylic acids is 2. The van der Waals surface area contributed by atoms with Crippen LogP contribution in [0.5, 0.6) is 0 Å². The fourth-order valence-corrected chi connectivity index (χ4v) is 4.18. The summed E-state index contributed by atoms with van der Waals surface area (Å²) in [4.78, 5) is 25.4. The van der Waals surface area contributed by atoms with Crippen LogP contribution in [0.1, 0.15) is 37.7 Å². The molecule has 0 aliphatic carbocycles. The van der Waals surface area contributed by atoms with Crippen molar-refractivity contribution >= 4 is 23.6 Å². The molecule has 1 aromatic carbocycles. The average molecular weight is 380 g/mol. The Morgan fingerprint density at radius 1 is 1.27 bits per heavy atom. The molecule has 1 saturated heterocycles. The standard InChI is InChI=1S/C19H29N3O3S/c20-17(14-26-13-16-5-2-1-3-6-16)19(24)22-11-9-15(10-12-22)7-4-8-18(23)21-25/h1-3,5-6,15,17,25H,4,7-14,20H2,(H,21,23). The topological polar surface area (TPSA) is 95.7 Å². The van der Waals surface area contributed by atoms with Crippen molar-refractivity contribution in [2.24, 2.45) is 11.7 Å². The van der Waals surface area contributed by atoms with Gasteiger partial charge in [-0.15, -0.1) is 0 Å². The molecule has 1 aromatic rings. The summed E-state index contributed by atoms with van der Waals surface area (Å²) >= 11 is 1.69. The Hall–Kier alpha value is -1.57. The molecule has 7 heteroatoms. The highest BCUT2D eigenvalue weighted by atomic mass is 32.2. The Balaban J connectivity index is 1.63. The molecule has 26 heavy (non-hydrogen) atoms. The lowest BCUT2D eigenvalue weighted by Gasteiger charge is -2.33. The van der Waals surface area contributed by atoms with Gasteiger partial charge in [0.05, 0.1) is 6.04 Å². The highest BCUT2D eigenvalue weighted by Crippen LogP contribution is 2.23. The number of nitrogens with two attached hydrogens (primary N) is 1. The highest BCUT2D eigenvalue weighted by Gasteiger charge is 2.26. The van der Waals surface area contributed by atoms with Crippen LogP contribution in [0.3, 0.4) is 0 Å². The second-order valence-corrected chi connectivity index (χ2v) is 7.83. The molecule has 1 heterocycles. The van der Waals surface area contributed by atoms with Crippen molar-refractivity contribution in [2.75, 3.05) is 18.8 Å². The molecule has 2 rings (SSSR count). The number of nitrogens with one attached hydrogen (secondary N) is 1. The molecule has 0 saturated carbocycles. The van der Waals surface area contributed by atoms with Gasteiger partial charge in [-0.1, -0.05) is 30.3 Å². The minimum Gasteiger partial charge on any atom is -0.341 e. The van der Waals surface area contributed by atoms with Gasteiger partial charge in [0.15, 0.2) is 0 Å². The summed E-state index contributed by atoms with van der Waals surface area (Å²) in [7, 11) is 0. The van der Waals surface area contributed by atoms with Gasteiger partial charge >= 0.3 is 0 Å². The van der Waals surface area contributed by atoms with Crippen molar-refractivity contribution in [1.29, 1.82) is 0 Å². The van der Waals surface area contributed by atoms with Crippen LogP contribution >= 0.6 is 11.8 Å². The van der Waals surface area contributed by atoms with Gasteiger partial charge in [0, 0.05) is 31.0 Å². The van der Waals surface area contributed by atoms with E-state index >= 15 is 0 Å². The predicted octanol–water partition coefficient (Wildman–Crippen LogP) is 2.16. The number of nitrogens with zero attached hydrogens (tertiary/aromatic N) is 1. The number of likely N-dealkylation sites (tertiary alicyclic amines) is 1. The van der Waals surface area contributed by atoms with Crippen molar-refractivity contribution in [2.45, 2.75) is 43.9 Å². The molecule has 1 atom stereocenters. The van der Waals surface area contributed by atoms with Gasteiger partial charge in [-0.3, -0.25) is 14.8 Å². The molecule has 1 unspecified atom stereocenters. The van der Waals surface area contributed by atoms with Crippen molar-refractivity contribution in [1.82, 2.24) is 10.4 Å². The van der Waals surface area contributed by atoms with E-state index in [4.69, 9.17) is 10.9 Å². The molecule has 0 aromatic heterocycles. The monoisotopic (exact) mass is 379 g/mol. The number of rotatable bonds is 9. The number of thioether (sulfide) groups is 1. The zero-order chi connectivity index (χ0) is 18.8. The van der Waals surface area contributed by atoms with Crippen LogP contribution in [-0.4, -0.2) is 46.8 Å². The Morgan fingerprint density at radius 2 is 1.96 bits per heavy atom. The summed E-state index contributed by atoms with van der Waals surface area (Å²) in [6, 6.07) is 9.73. The molecule has 0 bridgehead atoms. The molecule has 0 spiro atoms. The highest BCUT2D eigenvalue weighted by molar-refractivity contribution is 7.98. The van der Waals surface area contributed by atoms with E-state index in [2.05, 4.69) is 12.1 Å². The minimum atomic E-state index is -0.450. The van der Waals surface area contributed by atoms with Crippen LogP contribution in [0.15, 0.2) is 30.3 Å². The van der Waals surface area contributed by atoms with Gasteiger partial charge in [0.25, 0.3) is 0 Å². The third-order valence-corrected chi connectivity index (χ3v) is 5.93. The molecule has 6 nitrogen and oxygen atoms in total. The molecule has 1 fully saturated rings. The maximum absolute atomic E-state index is 12.5. The smallest absolute Gasteiger partial charge is 0.243 e. The van der Waals surface area contributed by atoms with E-state index in [1.54, 1.807) is 17.2 Å². The Bertz CT molecular complexity index is 562. The SMILES string of the molecule is NC(CSCc1ccccc1)C(=O)N1CCC(CCCC(=O)NO)CC1. The summed E-state index contributed by atoms with van der Waals surface area (Å²) in [5.74, 6) is 1.74. The van der Waals surface area contributed by atoms with Gasteiger partial charge in [-0.25, -0.2) is 5.48 Å². The van der Waals surface area contributed by atoms with Crippen LogP contribution in [0.4, 0.5) is 0 Å². The second-order valence-electron chi connectivity index (χ2n) is 6.80. The van der Waals surface area contributed by atoms with Gasteiger partial charge in [-0.2, -0.15) is 11.8 Å². The van der Waals surface area contributed by atoms with Crippen molar-refractivity contribution < 1.29 is 14.8 Å². The predicted molar refractivity (Wildman–Crippen MR) is 104 cm³/mol. The van der Waals surface area contributed by atoms with Crippen LogP contribution in [0.2, 0.25) is 0 Å². The number of hydrogen-bond acceptors (Lipinski definition) is 5. The summed E-state index contributed by atoms with van der Waals surface area (Å²) < 4.78 is 0. The summed E-state index contributed by atoms with van der Waals surface area (Å²) in [6.45, 7) is 1.49. The first-order valence-electron chi connectivity index (χ1n) is 9.19. The molecule has 1 aliphatic rings. The summed E-state index contributed by atoms with van der Waals surface area (Å²) in [5.41, 5.74) is 9.00. The molecule has 0 radical (unpaired) electrons. The number of benzene rings is 1. The van der Waals surface area contributed by atoms with Gasteiger partial charge in [0.2, 0.25) is 11.8 Å². The van der Waals surface area contributed by atoms with Crippen LogP contribution in [-0.2, 0) is 15.3 Å². The minimum absolute atomic E-state index is 0.0451. The largest absolute Gasteiger partial charge is 0.341 e. The van der Waals surface area contributed by atoms with Crippen LogP contribution < -0.4 is 11.2 Å². The first-order chi connectivity index (χ1) is 12.6. The van der Waals surface area contributed by atoms with E-state index < -0.39 is 6.04 Å². The maximum Gasteiger partial charge on any atom is 0.243 e. The molecule has 2 amide bonds. The zero-order valence-corrected chi connectivity index (χ0v) is 15.9. The average Bonchev–Trinajstić information content (AvgIpc) is 2.68. The number of hydrogen-bond donors (Lipinski definition) is 3. The Labute approximate surface area is 159 Å². The van der Waals surface area contributed by atoms with E-state index in [0.29, 0.717) is 18.1 Å². The molecule has 144 valence electrons. The normalized spacial score (nSPS) is 16.3. The number of piperidine rings is 1. The van der Waals surface area contributed by atoms with Gasteiger partial charge in [0.1, 0.15) is 0 Å². The van der Waals surface area contributed by atoms with Crippen molar-refractivity contribution in [3.63, 3.8) is 0 Å². The second kappa shape index (κ2) is 11.2. The molecule has 1 aliphatic heterocycles. The lowest BCUT2D eigenvalue weighted by Crippen LogP contribution is -2.48. The van der Waals surface area contributed by atoms with E-state index in [9.17, 15) is 9.59 Å². The third kappa shape index (κ3) is 6.97. The van der Waals surface area contributed by atoms with E-state index in [1.807, 2.05) is 23.1 Å². The number of carbonyl (C=O) groups is 2. The Morgan fingerprint density at radius 3 is 2.62 bits per heavy atom. The first kappa shape index (κ1) is 20.7. The maximum atomic E-state index is 12.5. The number of amides is 2. The van der Waals surface area contributed by atoms with Crippen molar-refractivity contribution in [3.8, 4) is 0 Å². The Kier molecular flexibility index (Phi) is 8.94. The summed E-state index contributed by atoms with van der Waals surface area (Å²) in [6.07, 6.45) is 3.97. The van der Waals surface area contributed by atoms with Crippen LogP contribution in [0, 0.1) is 5.92 Å². The van der Waals surface area contributed by atoms with E-state index in [-0.39, 0.29) is 11.8 Å². The molecular weight excluding hydrogens is 350 g/mol. The van der Waals surface area contributed by atoms with Crippen LogP contribution in [0.25, 0.3) is 0 Å². The molecule has 4 N–H and O–H groups in total. The zero-order valence-electron chi connectivity index (χ0n) is 15.1. The first-order valence-corrected chi connectivity index (χ1v) is 10.3. The van der Waals surface area contributed by atoms with E-state index in [1.165, 1.54) is 5.56 Å². The van der Waals surface area contributed by atoms with Gasteiger partial charge in [-0.05, 0) is 37.2 Å². The lowest BCUT2D eigenvalue weighted by atomic mass is 9.91. The van der Waals surface area contributed by atoms with Gasteiger partial charge < -0.3 is 10.6 Å². The van der Waals surface area contributed by atoms with Crippen molar-refractivity contribution in [3.05, 3.63) is 35.9 Å². The fourth-order valence-electron chi connectivity index (χ4n) is 3.23. The lowest BCUT2D eigenvalue weighted by molar-refractivity contribution is -0.133. The summed E-state index contributed by atoms with van der Waals surface area (Å²) in [5, 5.41) is 8.49. The third-order valence-electron chi connectivity index (χ3n) is 4.79. The van der Waals surface area contributed by atoms with E-state index in [0.717, 1.165) is 44.5 Å². The molecular formula is C19H29N3O3S. The quantitative estimate of drug-likeness (QED) is 0.451. The number of hydroxylamine groups is 1.